The second kappa shape index (κ2) is 3.37. The first-order chi connectivity index (χ1) is 8.28. The molecule has 5 rings (SSSR count). The summed E-state index contributed by atoms with van der Waals surface area (Å²) < 4.78 is 0. The summed E-state index contributed by atoms with van der Waals surface area (Å²) in [6.07, 6.45) is 7.12. The van der Waals surface area contributed by atoms with Crippen LogP contribution >= 0.6 is 0 Å². The van der Waals surface area contributed by atoms with Gasteiger partial charge in [-0.05, 0) is 55.8 Å². The summed E-state index contributed by atoms with van der Waals surface area (Å²) in [5.74, 6) is 4.77. The maximum Gasteiger partial charge on any atom is 0.243 e. The summed E-state index contributed by atoms with van der Waals surface area (Å²) in [5.41, 5.74) is 5.56. The average Bonchev–Trinajstić information content (AvgIpc) is 2.68. The van der Waals surface area contributed by atoms with Crippen LogP contribution in [0.5, 0.6) is 0 Å². The van der Waals surface area contributed by atoms with Gasteiger partial charge in [-0.3, -0.25) is 0 Å². The van der Waals surface area contributed by atoms with Crippen LogP contribution in [0.2, 0.25) is 0 Å². The van der Waals surface area contributed by atoms with Crippen molar-refractivity contribution in [2.24, 2.45) is 23.7 Å². The number of aromatic nitrogens is 3. The maximum absolute atomic E-state index is 5.56. The first-order valence-corrected chi connectivity index (χ1v) is 6.72. The van der Waals surface area contributed by atoms with Gasteiger partial charge in [0.25, 0.3) is 0 Å². The molecule has 1 aromatic heterocycles. The molecule has 1 aromatic rings. The van der Waals surface area contributed by atoms with Gasteiger partial charge in [0.15, 0.2) is 0 Å². The van der Waals surface area contributed by atoms with Crippen molar-refractivity contribution in [3.8, 4) is 0 Å². The molecule has 4 aliphatic carbocycles. The van der Waals surface area contributed by atoms with E-state index in [9.17, 15) is 0 Å². The van der Waals surface area contributed by atoms with Gasteiger partial charge in [-0.2, -0.15) is 4.98 Å². The first-order valence-electron chi connectivity index (χ1n) is 6.72. The monoisotopic (exact) mass is 233 g/mol. The lowest BCUT2D eigenvalue weighted by Gasteiger charge is -2.54. The largest absolute Gasteiger partial charge is 0.368 e. The number of H-pyrrole nitrogens is 1. The minimum Gasteiger partial charge on any atom is -0.368 e. The Hall–Kier alpha value is -1.26. The van der Waals surface area contributed by atoms with E-state index in [1.807, 2.05) is 0 Å². The molecule has 0 amide bonds. The maximum atomic E-state index is 5.56. The number of nitrogens with one attached hydrogen (secondary N) is 2. The number of hydrogen-bond donors (Lipinski definition) is 3. The summed E-state index contributed by atoms with van der Waals surface area (Å²) in [6, 6.07) is 0.581. The number of hydrogen-bond acceptors (Lipinski definition) is 4. The topological polar surface area (TPSA) is 79.6 Å². The number of nitrogens with two attached hydrogens (primary N) is 1. The molecule has 92 valence electrons. The molecule has 4 saturated carbocycles. The van der Waals surface area contributed by atoms with E-state index in [2.05, 4.69) is 20.5 Å². The zero-order chi connectivity index (χ0) is 11.4. The van der Waals surface area contributed by atoms with E-state index in [0.717, 1.165) is 23.7 Å². The number of rotatable bonds is 2. The predicted octanol–water partition coefficient (Wildman–Crippen LogP) is 1.62. The Bertz CT molecular complexity index is 398. The Morgan fingerprint density at radius 3 is 2.24 bits per heavy atom. The van der Waals surface area contributed by atoms with E-state index in [0.29, 0.717) is 17.9 Å². The van der Waals surface area contributed by atoms with E-state index in [1.165, 1.54) is 32.1 Å². The van der Waals surface area contributed by atoms with Crippen LogP contribution in [-0.2, 0) is 0 Å². The highest BCUT2D eigenvalue weighted by Gasteiger charge is 2.48. The number of anilines is 2. The highest BCUT2D eigenvalue weighted by Crippen LogP contribution is 2.54. The molecule has 5 heteroatoms. The normalized spacial score (nSPS) is 42.9. The third-order valence-electron chi connectivity index (χ3n) is 5.03. The third-order valence-corrected chi connectivity index (χ3v) is 5.03. The van der Waals surface area contributed by atoms with Gasteiger partial charge >= 0.3 is 0 Å². The Kier molecular flexibility index (Phi) is 1.93. The molecule has 17 heavy (non-hydrogen) atoms. The zero-order valence-electron chi connectivity index (χ0n) is 9.89. The zero-order valence-corrected chi connectivity index (χ0v) is 9.89. The van der Waals surface area contributed by atoms with E-state index in [4.69, 9.17) is 5.73 Å². The summed E-state index contributed by atoms with van der Waals surface area (Å²) in [6.45, 7) is 0. The van der Waals surface area contributed by atoms with Crippen molar-refractivity contribution in [3.63, 3.8) is 0 Å². The molecule has 0 saturated heterocycles. The minimum absolute atomic E-state index is 0.399. The lowest BCUT2D eigenvalue weighted by molar-refractivity contribution is 0.00729. The molecular weight excluding hydrogens is 214 g/mol. The molecule has 0 aromatic carbocycles. The lowest BCUT2D eigenvalue weighted by Crippen LogP contribution is -2.51. The second-order valence-electron chi connectivity index (χ2n) is 6.15. The molecule has 1 heterocycles. The molecule has 0 aliphatic heterocycles. The minimum atomic E-state index is 0.399. The van der Waals surface area contributed by atoms with Crippen LogP contribution in [0, 0.1) is 23.7 Å². The number of nitrogens with zero attached hydrogens (tertiary/aromatic N) is 2. The van der Waals surface area contributed by atoms with Crippen molar-refractivity contribution in [1.82, 2.24) is 15.2 Å². The smallest absolute Gasteiger partial charge is 0.243 e. The van der Waals surface area contributed by atoms with Crippen molar-refractivity contribution in [1.29, 1.82) is 0 Å². The molecule has 0 atom stereocenters. The Morgan fingerprint density at radius 1 is 1.06 bits per heavy atom. The highest BCUT2D eigenvalue weighted by molar-refractivity contribution is 5.32. The van der Waals surface area contributed by atoms with Gasteiger partial charge in [0.2, 0.25) is 11.9 Å². The molecule has 4 N–H and O–H groups in total. The molecule has 0 unspecified atom stereocenters. The van der Waals surface area contributed by atoms with Crippen LogP contribution in [0.15, 0.2) is 0 Å². The Morgan fingerprint density at radius 2 is 1.71 bits per heavy atom. The van der Waals surface area contributed by atoms with Gasteiger partial charge in [0.05, 0.1) is 0 Å². The Labute approximate surface area is 101 Å². The molecular formula is C12H19N5. The van der Waals surface area contributed by atoms with Gasteiger partial charge in [0, 0.05) is 6.04 Å². The van der Waals surface area contributed by atoms with Crippen molar-refractivity contribution in [2.45, 2.75) is 38.1 Å². The van der Waals surface area contributed by atoms with Gasteiger partial charge in [-0.15, -0.1) is 5.10 Å². The van der Waals surface area contributed by atoms with Gasteiger partial charge in [-0.25, -0.2) is 5.10 Å². The highest BCUT2D eigenvalue weighted by atomic mass is 15.3. The molecule has 4 bridgehead atoms. The summed E-state index contributed by atoms with van der Waals surface area (Å²) in [5, 5.41) is 10.3. The van der Waals surface area contributed by atoms with Crippen molar-refractivity contribution >= 4 is 11.9 Å². The SMILES string of the molecule is Nc1nc(NC2C3CC4CC(C3)CC2C4)n[nH]1. The fourth-order valence-corrected chi connectivity index (χ4v) is 4.65. The quantitative estimate of drug-likeness (QED) is 0.725. The van der Waals surface area contributed by atoms with Crippen LogP contribution in [0.25, 0.3) is 0 Å². The predicted molar refractivity (Wildman–Crippen MR) is 65.3 cm³/mol. The molecule has 4 aliphatic rings. The van der Waals surface area contributed by atoms with E-state index in [1.54, 1.807) is 0 Å². The second-order valence-corrected chi connectivity index (χ2v) is 6.15. The standard InChI is InChI=1S/C12H19N5/c13-11-15-12(17-16-11)14-10-8-2-6-1-7(4-8)5-9(10)3-6/h6-10H,1-5H2,(H4,13,14,15,16,17). The number of aromatic amines is 1. The molecule has 0 radical (unpaired) electrons. The molecule has 5 nitrogen and oxygen atoms in total. The van der Waals surface area contributed by atoms with Crippen LogP contribution in [-0.4, -0.2) is 21.2 Å². The van der Waals surface area contributed by atoms with Crippen LogP contribution in [0.3, 0.4) is 0 Å². The van der Waals surface area contributed by atoms with E-state index in [-0.39, 0.29) is 0 Å². The van der Waals surface area contributed by atoms with Gasteiger partial charge < -0.3 is 11.1 Å². The lowest BCUT2D eigenvalue weighted by atomic mass is 9.54. The Balaban J connectivity index is 1.54. The number of nitrogen functional groups attached to an aromatic ring is 1. The van der Waals surface area contributed by atoms with Crippen LogP contribution in [0.4, 0.5) is 11.9 Å². The molecule has 0 spiro atoms. The first kappa shape index (κ1) is 9.74. The summed E-state index contributed by atoms with van der Waals surface area (Å²) in [4.78, 5) is 4.16. The molecule has 4 fully saturated rings. The third kappa shape index (κ3) is 1.51. The summed E-state index contributed by atoms with van der Waals surface area (Å²) >= 11 is 0. The van der Waals surface area contributed by atoms with Crippen molar-refractivity contribution in [2.75, 3.05) is 11.1 Å². The summed E-state index contributed by atoms with van der Waals surface area (Å²) in [7, 11) is 0. The van der Waals surface area contributed by atoms with E-state index >= 15 is 0 Å². The van der Waals surface area contributed by atoms with Crippen molar-refractivity contribution in [3.05, 3.63) is 0 Å². The van der Waals surface area contributed by atoms with Gasteiger partial charge in [0.1, 0.15) is 0 Å². The van der Waals surface area contributed by atoms with Gasteiger partial charge in [-0.1, -0.05) is 0 Å². The van der Waals surface area contributed by atoms with Crippen molar-refractivity contribution < 1.29 is 0 Å². The van der Waals surface area contributed by atoms with E-state index < -0.39 is 0 Å². The fraction of sp³-hybridized carbons (Fsp3) is 0.833. The van der Waals surface area contributed by atoms with Crippen LogP contribution < -0.4 is 11.1 Å². The van der Waals surface area contributed by atoms with Crippen LogP contribution in [0.1, 0.15) is 32.1 Å². The fourth-order valence-electron chi connectivity index (χ4n) is 4.65. The average molecular weight is 233 g/mol.